The molecule has 3 aromatic carbocycles. The number of rotatable bonds is 9. The van der Waals surface area contributed by atoms with Gasteiger partial charge in [-0.2, -0.15) is 0 Å². The molecule has 0 saturated carbocycles. The molecule has 3 rings (SSSR count). The standard InChI is InChI=1S/C23H22Cl2N2O3/c24-19-10-18(11-20(25)13-19)22(28)14-26-7-8-27-21-6-2-4-16(12-21)15-3-1-5-17(9-15)23(29)30/h1-6,9-13,22,26-28H,7-8,14H2,(H,29,30)/t22-/m0/s1. The minimum Gasteiger partial charge on any atom is -0.478 e. The molecule has 4 N–H and O–H groups in total. The summed E-state index contributed by atoms with van der Waals surface area (Å²) >= 11 is 11.9. The number of anilines is 1. The van der Waals surface area contributed by atoms with Crippen molar-refractivity contribution >= 4 is 34.9 Å². The van der Waals surface area contributed by atoms with Crippen molar-refractivity contribution in [2.75, 3.05) is 25.0 Å². The molecule has 0 unspecified atom stereocenters. The average molecular weight is 445 g/mol. The largest absolute Gasteiger partial charge is 0.478 e. The van der Waals surface area contributed by atoms with E-state index < -0.39 is 12.1 Å². The number of carboxylic acids is 1. The predicted molar refractivity (Wildman–Crippen MR) is 122 cm³/mol. The fourth-order valence-corrected chi connectivity index (χ4v) is 3.60. The molecule has 1 atom stereocenters. The summed E-state index contributed by atoms with van der Waals surface area (Å²) in [7, 11) is 0. The van der Waals surface area contributed by atoms with Crippen LogP contribution in [0.2, 0.25) is 10.0 Å². The minimum absolute atomic E-state index is 0.259. The quantitative estimate of drug-likeness (QED) is 0.345. The molecule has 7 heteroatoms. The molecule has 0 bridgehead atoms. The smallest absolute Gasteiger partial charge is 0.335 e. The Morgan fingerprint density at radius 3 is 2.27 bits per heavy atom. The van der Waals surface area contributed by atoms with Crippen molar-refractivity contribution in [3.8, 4) is 11.1 Å². The maximum absolute atomic E-state index is 11.2. The van der Waals surface area contributed by atoms with Gasteiger partial charge in [-0.25, -0.2) is 4.79 Å². The van der Waals surface area contributed by atoms with Gasteiger partial charge < -0.3 is 20.8 Å². The van der Waals surface area contributed by atoms with E-state index in [0.717, 1.165) is 16.8 Å². The maximum atomic E-state index is 11.2. The summed E-state index contributed by atoms with van der Waals surface area (Å²) in [5, 5.41) is 26.9. The molecule has 0 amide bonds. The first-order chi connectivity index (χ1) is 14.4. The van der Waals surface area contributed by atoms with Gasteiger partial charge in [-0.15, -0.1) is 0 Å². The van der Waals surface area contributed by atoms with Gasteiger partial charge in [0.25, 0.3) is 0 Å². The van der Waals surface area contributed by atoms with Gasteiger partial charge in [0.2, 0.25) is 0 Å². The molecule has 5 nitrogen and oxygen atoms in total. The Kier molecular flexibility index (Phi) is 7.71. The summed E-state index contributed by atoms with van der Waals surface area (Å²) in [6.45, 7) is 1.67. The van der Waals surface area contributed by atoms with Crippen LogP contribution in [0.15, 0.2) is 66.7 Å². The Morgan fingerprint density at radius 2 is 1.57 bits per heavy atom. The second-order valence-corrected chi connectivity index (χ2v) is 7.69. The zero-order valence-electron chi connectivity index (χ0n) is 16.1. The maximum Gasteiger partial charge on any atom is 0.335 e. The van der Waals surface area contributed by atoms with Crippen molar-refractivity contribution in [3.63, 3.8) is 0 Å². The van der Waals surface area contributed by atoms with Crippen LogP contribution in [0.5, 0.6) is 0 Å². The number of nitrogens with one attached hydrogen (secondary N) is 2. The van der Waals surface area contributed by atoms with Crippen LogP contribution in [0.1, 0.15) is 22.0 Å². The van der Waals surface area contributed by atoms with Crippen LogP contribution < -0.4 is 10.6 Å². The van der Waals surface area contributed by atoms with Crippen molar-refractivity contribution in [2.24, 2.45) is 0 Å². The van der Waals surface area contributed by atoms with Crippen molar-refractivity contribution in [1.82, 2.24) is 5.32 Å². The third-order valence-corrected chi connectivity index (χ3v) is 4.98. The third-order valence-electron chi connectivity index (χ3n) is 4.54. The van der Waals surface area contributed by atoms with Crippen LogP contribution in [0.3, 0.4) is 0 Å². The lowest BCUT2D eigenvalue weighted by molar-refractivity contribution is 0.0697. The molecule has 0 spiro atoms. The number of benzene rings is 3. The second kappa shape index (κ2) is 10.5. The van der Waals surface area contributed by atoms with Crippen molar-refractivity contribution in [2.45, 2.75) is 6.10 Å². The van der Waals surface area contributed by atoms with E-state index in [2.05, 4.69) is 10.6 Å². The summed E-state index contributed by atoms with van der Waals surface area (Å²) in [5.41, 5.74) is 3.64. The number of carbonyl (C=O) groups is 1. The van der Waals surface area contributed by atoms with E-state index in [-0.39, 0.29) is 5.56 Å². The van der Waals surface area contributed by atoms with Crippen molar-refractivity contribution in [3.05, 3.63) is 87.9 Å². The van der Waals surface area contributed by atoms with E-state index in [4.69, 9.17) is 28.3 Å². The topological polar surface area (TPSA) is 81.6 Å². The van der Waals surface area contributed by atoms with Gasteiger partial charge in [0.15, 0.2) is 0 Å². The third kappa shape index (κ3) is 6.21. The molecule has 156 valence electrons. The number of carboxylic acid groups (broad SMARTS) is 1. The van der Waals surface area contributed by atoms with E-state index in [0.29, 0.717) is 35.2 Å². The first-order valence-corrected chi connectivity index (χ1v) is 10.2. The summed E-state index contributed by atoms with van der Waals surface area (Å²) < 4.78 is 0. The number of hydrogen-bond donors (Lipinski definition) is 4. The molecule has 0 saturated heterocycles. The zero-order valence-corrected chi connectivity index (χ0v) is 17.6. The minimum atomic E-state index is -0.945. The average Bonchev–Trinajstić information content (AvgIpc) is 2.73. The SMILES string of the molecule is O=C(O)c1cccc(-c2cccc(NCCNC[C@H](O)c3cc(Cl)cc(Cl)c3)c2)c1. The van der Waals surface area contributed by atoms with Crippen molar-refractivity contribution < 1.29 is 15.0 Å². The number of halogens is 2. The molecule has 0 aliphatic rings. The van der Waals surface area contributed by atoms with Crippen LogP contribution >= 0.6 is 23.2 Å². The monoisotopic (exact) mass is 444 g/mol. The summed E-state index contributed by atoms with van der Waals surface area (Å²) in [5.74, 6) is -0.945. The van der Waals surface area contributed by atoms with Gasteiger partial charge in [0.1, 0.15) is 0 Å². The highest BCUT2D eigenvalue weighted by Crippen LogP contribution is 2.24. The molecule has 0 heterocycles. The summed E-state index contributed by atoms with van der Waals surface area (Å²) in [6, 6.07) is 19.7. The lowest BCUT2D eigenvalue weighted by Gasteiger charge is -2.14. The van der Waals surface area contributed by atoms with Gasteiger partial charge in [-0.3, -0.25) is 0 Å². The van der Waals surface area contributed by atoms with Gasteiger partial charge in [-0.1, -0.05) is 47.5 Å². The Labute approximate surface area is 185 Å². The van der Waals surface area contributed by atoms with E-state index in [1.807, 2.05) is 30.3 Å². The molecule has 30 heavy (non-hydrogen) atoms. The van der Waals surface area contributed by atoms with E-state index >= 15 is 0 Å². The highest BCUT2D eigenvalue weighted by Gasteiger charge is 2.09. The van der Waals surface area contributed by atoms with Crippen LogP contribution in [-0.2, 0) is 0 Å². The highest BCUT2D eigenvalue weighted by molar-refractivity contribution is 6.34. The van der Waals surface area contributed by atoms with Crippen LogP contribution in [0.4, 0.5) is 5.69 Å². The molecule has 0 aliphatic heterocycles. The Morgan fingerprint density at radius 1 is 0.900 bits per heavy atom. The predicted octanol–water partition coefficient (Wildman–Crippen LogP) is 5.09. The van der Waals surface area contributed by atoms with Crippen molar-refractivity contribution in [1.29, 1.82) is 0 Å². The lowest BCUT2D eigenvalue weighted by Crippen LogP contribution is -2.26. The Hall–Kier alpha value is -2.57. The molecule has 0 aliphatic carbocycles. The normalized spacial score (nSPS) is 11.8. The number of aliphatic hydroxyl groups excluding tert-OH is 1. The molecule has 0 fully saturated rings. The fraction of sp³-hybridized carbons (Fsp3) is 0.174. The first-order valence-electron chi connectivity index (χ1n) is 9.45. The van der Waals surface area contributed by atoms with E-state index in [1.54, 1.807) is 36.4 Å². The molecular weight excluding hydrogens is 423 g/mol. The molecule has 0 aromatic heterocycles. The molecular formula is C23H22Cl2N2O3. The van der Waals surface area contributed by atoms with Gasteiger partial charge >= 0.3 is 5.97 Å². The van der Waals surface area contributed by atoms with Gasteiger partial charge in [0.05, 0.1) is 11.7 Å². The first kappa shape index (κ1) is 22.1. The highest BCUT2D eigenvalue weighted by atomic mass is 35.5. The van der Waals surface area contributed by atoms with Crippen LogP contribution in [0, 0.1) is 0 Å². The zero-order chi connectivity index (χ0) is 21.5. The summed E-state index contributed by atoms with van der Waals surface area (Å²) in [4.78, 5) is 11.2. The van der Waals surface area contributed by atoms with Crippen LogP contribution in [-0.4, -0.2) is 35.8 Å². The molecule has 0 radical (unpaired) electrons. The lowest BCUT2D eigenvalue weighted by atomic mass is 10.0. The van der Waals surface area contributed by atoms with E-state index in [1.165, 1.54) is 0 Å². The Bertz CT molecular complexity index is 1010. The van der Waals surface area contributed by atoms with Gasteiger partial charge in [0, 0.05) is 35.4 Å². The van der Waals surface area contributed by atoms with E-state index in [9.17, 15) is 9.90 Å². The number of hydrogen-bond acceptors (Lipinski definition) is 4. The number of aromatic carboxylic acids is 1. The Balaban J connectivity index is 1.50. The van der Waals surface area contributed by atoms with Gasteiger partial charge in [-0.05, 0) is 59.2 Å². The fourth-order valence-electron chi connectivity index (χ4n) is 3.06. The van der Waals surface area contributed by atoms with Crippen LogP contribution in [0.25, 0.3) is 11.1 Å². The second-order valence-electron chi connectivity index (χ2n) is 6.82. The number of aliphatic hydroxyl groups is 1. The summed E-state index contributed by atoms with van der Waals surface area (Å²) in [6.07, 6.45) is -0.703. The molecule has 3 aromatic rings.